The molecule has 2 amide bonds. The van der Waals surface area contributed by atoms with E-state index in [2.05, 4.69) is 17.2 Å². The summed E-state index contributed by atoms with van der Waals surface area (Å²) >= 11 is 0. The summed E-state index contributed by atoms with van der Waals surface area (Å²) in [7, 11) is 0. The molecular weight excluding hydrogens is 348 g/mol. The van der Waals surface area contributed by atoms with Crippen LogP contribution in [0.15, 0.2) is 12.4 Å². The van der Waals surface area contributed by atoms with Crippen LogP contribution in [-0.4, -0.2) is 11.8 Å². The molecule has 0 aromatic carbocycles. The fourth-order valence-corrected chi connectivity index (χ4v) is 9.20. The van der Waals surface area contributed by atoms with Crippen molar-refractivity contribution in [2.75, 3.05) is 0 Å². The molecule has 28 heavy (non-hydrogen) atoms. The van der Waals surface area contributed by atoms with Gasteiger partial charge in [-0.3, -0.25) is 9.59 Å². The number of rotatable bonds is 4. The van der Waals surface area contributed by atoms with E-state index in [1.54, 1.807) is 0 Å². The molecular formula is C24H34N2O2. The zero-order chi connectivity index (χ0) is 19.0. The van der Waals surface area contributed by atoms with Gasteiger partial charge in [-0.25, -0.2) is 0 Å². The molecule has 0 unspecified atom stereocenters. The molecule has 0 radical (unpaired) electrons. The molecule has 0 aliphatic heterocycles. The highest BCUT2D eigenvalue weighted by Crippen LogP contribution is 2.57. The fourth-order valence-electron chi connectivity index (χ4n) is 9.20. The molecule has 0 spiro atoms. The van der Waals surface area contributed by atoms with E-state index < -0.39 is 0 Å². The van der Waals surface area contributed by atoms with Crippen LogP contribution in [0, 0.1) is 59.2 Å². The van der Waals surface area contributed by atoms with Crippen molar-refractivity contribution in [3.8, 4) is 0 Å². The lowest BCUT2D eigenvalue weighted by atomic mass is 9.51. The summed E-state index contributed by atoms with van der Waals surface area (Å²) in [6.45, 7) is 4.00. The second kappa shape index (κ2) is 6.34. The fraction of sp³-hybridized carbons (Fsp3) is 0.833. The van der Waals surface area contributed by atoms with Gasteiger partial charge in [0.05, 0.1) is 0 Å². The highest BCUT2D eigenvalue weighted by atomic mass is 16.2. The van der Waals surface area contributed by atoms with Crippen LogP contribution in [0.25, 0.3) is 0 Å². The molecule has 8 aliphatic rings. The summed E-state index contributed by atoms with van der Waals surface area (Å²) in [5, 5.41) is 5.99. The van der Waals surface area contributed by atoms with Crippen LogP contribution >= 0.6 is 0 Å². The zero-order valence-electron chi connectivity index (χ0n) is 16.9. The van der Waals surface area contributed by atoms with Crippen LogP contribution in [0.5, 0.6) is 0 Å². The SMILES string of the molecule is C=C(NC(=O)C1C2CC3CC(C2)CC1C3)NC(=O)C1C2CC3CC(C2)CC1C3. The summed E-state index contributed by atoms with van der Waals surface area (Å²) in [6.07, 6.45) is 12.7. The first kappa shape index (κ1) is 17.5. The number of hydrogen-bond acceptors (Lipinski definition) is 2. The molecule has 8 fully saturated rings. The summed E-state index contributed by atoms with van der Waals surface area (Å²) in [5.41, 5.74) is 0. The maximum Gasteiger partial charge on any atom is 0.229 e. The molecule has 0 aromatic rings. The number of carbonyl (C=O) groups is 2. The molecule has 2 N–H and O–H groups in total. The van der Waals surface area contributed by atoms with E-state index in [4.69, 9.17) is 0 Å². The van der Waals surface area contributed by atoms with E-state index in [0.29, 0.717) is 29.5 Å². The molecule has 8 saturated carbocycles. The van der Waals surface area contributed by atoms with Crippen LogP contribution in [0.4, 0.5) is 0 Å². The Hall–Kier alpha value is -1.32. The van der Waals surface area contributed by atoms with Crippen LogP contribution in [0.2, 0.25) is 0 Å². The van der Waals surface area contributed by atoms with Gasteiger partial charge in [0.15, 0.2) is 0 Å². The highest BCUT2D eigenvalue weighted by Gasteiger charge is 2.52. The van der Waals surface area contributed by atoms with Gasteiger partial charge >= 0.3 is 0 Å². The number of carbonyl (C=O) groups excluding carboxylic acids is 2. The molecule has 4 nitrogen and oxygen atoms in total. The molecule has 0 heterocycles. The molecule has 8 aliphatic carbocycles. The third kappa shape index (κ3) is 2.77. The van der Waals surface area contributed by atoms with Crippen molar-refractivity contribution in [3.05, 3.63) is 12.4 Å². The van der Waals surface area contributed by atoms with Crippen molar-refractivity contribution in [2.24, 2.45) is 59.2 Å². The van der Waals surface area contributed by atoms with E-state index in [1.807, 2.05) is 0 Å². The second-order valence-corrected chi connectivity index (χ2v) is 11.4. The van der Waals surface area contributed by atoms with Gasteiger partial charge < -0.3 is 10.6 Å². The van der Waals surface area contributed by atoms with Gasteiger partial charge in [0.1, 0.15) is 5.82 Å². The molecule has 152 valence electrons. The molecule has 8 rings (SSSR count). The third-order valence-corrected chi connectivity index (χ3v) is 9.61. The van der Waals surface area contributed by atoms with Crippen LogP contribution in [-0.2, 0) is 9.59 Å². The minimum absolute atomic E-state index is 0.115. The van der Waals surface area contributed by atoms with Gasteiger partial charge in [-0.15, -0.1) is 0 Å². The van der Waals surface area contributed by atoms with E-state index in [1.165, 1.54) is 64.2 Å². The molecule has 0 saturated heterocycles. The van der Waals surface area contributed by atoms with Gasteiger partial charge in [0.2, 0.25) is 11.8 Å². The minimum atomic E-state index is 0.115. The first-order valence-corrected chi connectivity index (χ1v) is 11.8. The van der Waals surface area contributed by atoms with E-state index in [9.17, 15) is 9.59 Å². The highest BCUT2D eigenvalue weighted by molar-refractivity contribution is 5.85. The average Bonchev–Trinajstić information content (AvgIpc) is 2.59. The third-order valence-electron chi connectivity index (χ3n) is 9.61. The first-order chi connectivity index (χ1) is 13.5. The number of amides is 2. The predicted octanol–water partition coefficient (Wildman–Crippen LogP) is 3.83. The van der Waals surface area contributed by atoms with Crippen molar-refractivity contribution in [3.63, 3.8) is 0 Å². The quantitative estimate of drug-likeness (QED) is 0.776. The monoisotopic (exact) mass is 382 g/mol. The normalized spacial score (nSPS) is 49.9. The average molecular weight is 383 g/mol. The van der Waals surface area contributed by atoms with Crippen molar-refractivity contribution in [2.45, 2.75) is 64.2 Å². The van der Waals surface area contributed by atoms with Crippen molar-refractivity contribution >= 4 is 11.8 Å². The summed E-state index contributed by atoms with van der Waals surface area (Å²) in [5.74, 6) is 6.63. The van der Waals surface area contributed by atoms with Gasteiger partial charge in [-0.05, 0) is 112 Å². The largest absolute Gasteiger partial charge is 0.312 e. The Kier molecular flexibility index (Phi) is 3.97. The van der Waals surface area contributed by atoms with Gasteiger partial charge in [-0.2, -0.15) is 0 Å². The Morgan fingerprint density at radius 3 is 1.11 bits per heavy atom. The summed E-state index contributed by atoms with van der Waals surface area (Å²) < 4.78 is 0. The zero-order valence-corrected chi connectivity index (χ0v) is 16.9. The molecule has 4 heteroatoms. The minimum Gasteiger partial charge on any atom is -0.312 e. The summed E-state index contributed by atoms with van der Waals surface area (Å²) in [4.78, 5) is 26.0. The van der Waals surface area contributed by atoms with Crippen molar-refractivity contribution < 1.29 is 9.59 Å². The molecule has 0 aromatic heterocycles. The Morgan fingerprint density at radius 2 is 0.821 bits per heavy atom. The van der Waals surface area contributed by atoms with Gasteiger partial charge in [0.25, 0.3) is 0 Å². The Balaban J connectivity index is 1.07. The summed E-state index contributed by atoms with van der Waals surface area (Å²) in [6, 6.07) is 0. The lowest BCUT2D eigenvalue weighted by Crippen LogP contribution is -2.53. The Labute approximate surface area is 168 Å². The number of nitrogens with one attached hydrogen (secondary N) is 2. The molecule has 0 atom stereocenters. The maximum atomic E-state index is 13.0. The van der Waals surface area contributed by atoms with Crippen molar-refractivity contribution in [1.29, 1.82) is 0 Å². The van der Waals surface area contributed by atoms with Gasteiger partial charge in [0, 0.05) is 11.8 Å². The number of hydrogen-bond donors (Lipinski definition) is 2. The van der Waals surface area contributed by atoms with Crippen molar-refractivity contribution in [1.82, 2.24) is 10.6 Å². The maximum absolute atomic E-state index is 13.0. The van der Waals surface area contributed by atoms with Crippen LogP contribution in [0.1, 0.15) is 64.2 Å². The lowest BCUT2D eigenvalue weighted by molar-refractivity contribution is -0.138. The second-order valence-electron chi connectivity index (χ2n) is 11.4. The predicted molar refractivity (Wildman–Crippen MR) is 106 cm³/mol. The Morgan fingerprint density at radius 1 is 0.536 bits per heavy atom. The van der Waals surface area contributed by atoms with E-state index >= 15 is 0 Å². The smallest absolute Gasteiger partial charge is 0.229 e. The molecule has 8 bridgehead atoms. The van der Waals surface area contributed by atoms with E-state index in [0.717, 1.165) is 23.7 Å². The first-order valence-electron chi connectivity index (χ1n) is 11.8. The van der Waals surface area contributed by atoms with Crippen LogP contribution in [0.3, 0.4) is 0 Å². The Bertz CT molecular complexity index is 599. The standard InChI is InChI=1S/C24H34N2O2/c1-12(25-23(27)21-17-4-13-2-14(6-17)7-18(21)5-13)26-24(28)22-19-8-15-3-16(10-19)11-20(22)9-15/h13-22H,1-11H2,(H,25,27)(H,26,28). The van der Waals surface area contributed by atoms with E-state index in [-0.39, 0.29) is 23.7 Å². The topological polar surface area (TPSA) is 58.2 Å². The van der Waals surface area contributed by atoms with Gasteiger partial charge in [-0.1, -0.05) is 6.58 Å². The lowest BCUT2D eigenvalue weighted by Gasteiger charge is -2.54. The van der Waals surface area contributed by atoms with Crippen LogP contribution < -0.4 is 10.6 Å².